The zero-order valence-electron chi connectivity index (χ0n) is 9.17. The van der Waals surface area contributed by atoms with Crippen LogP contribution in [0.15, 0.2) is 24.3 Å². The summed E-state index contributed by atoms with van der Waals surface area (Å²) in [6.07, 6.45) is 0. The third-order valence-electron chi connectivity index (χ3n) is 2.02. The van der Waals surface area contributed by atoms with Gasteiger partial charge in [0.2, 0.25) is 0 Å². The van der Waals surface area contributed by atoms with Gasteiger partial charge in [0.25, 0.3) is 0 Å². The van der Waals surface area contributed by atoms with Gasteiger partial charge < -0.3 is 3.79 Å². The van der Waals surface area contributed by atoms with Crippen LogP contribution in [0, 0.1) is 0 Å². The van der Waals surface area contributed by atoms with E-state index in [0.29, 0.717) is 0 Å². The number of halogens is 1. The number of benzene rings is 1. The molecule has 1 aromatic carbocycles. The molecule has 0 aromatic heterocycles. The van der Waals surface area contributed by atoms with Crippen molar-refractivity contribution in [3.8, 4) is 5.75 Å². The zero-order valence-corrected chi connectivity index (χ0v) is 11.1. The van der Waals surface area contributed by atoms with E-state index in [2.05, 4.69) is 32.9 Å². The zero-order chi connectivity index (χ0) is 10.8. The molecule has 14 heavy (non-hydrogen) atoms. The molecule has 0 amide bonds. The Morgan fingerprint density at radius 3 is 2.00 bits per heavy atom. The molecule has 0 aliphatic heterocycles. The summed E-state index contributed by atoms with van der Waals surface area (Å²) in [6.45, 7) is 6.59. The van der Waals surface area contributed by atoms with Crippen LogP contribution >= 0.6 is 10.0 Å². The van der Waals surface area contributed by atoms with Gasteiger partial charge in [-0.3, -0.25) is 0 Å². The lowest BCUT2D eigenvalue weighted by Gasteiger charge is -2.19. The Balaban J connectivity index is 2.79. The van der Waals surface area contributed by atoms with E-state index in [-0.39, 0.29) is 5.41 Å². The Hall–Kier alpha value is -0.158. The SMILES string of the molecule is [CH3][Al]([Cl])[O]c1ccc(C(C)(C)C)cc1. The van der Waals surface area contributed by atoms with Gasteiger partial charge in [-0.2, -0.15) is 0 Å². The molecule has 1 aromatic rings. The largest absolute Gasteiger partial charge is 0.676 e. The first-order valence-electron chi connectivity index (χ1n) is 4.81. The van der Waals surface area contributed by atoms with Crippen LogP contribution in [0.5, 0.6) is 5.75 Å². The lowest BCUT2D eigenvalue weighted by Crippen LogP contribution is -2.11. The Kier molecular flexibility index (Phi) is 3.89. The highest BCUT2D eigenvalue weighted by atomic mass is 35.6. The second-order valence-electron chi connectivity index (χ2n) is 4.44. The monoisotopic (exact) mass is 226 g/mol. The van der Waals surface area contributed by atoms with Crippen molar-refractivity contribution in [3.05, 3.63) is 29.8 Å². The topological polar surface area (TPSA) is 9.23 Å². The second-order valence-corrected chi connectivity index (χ2v) is 7.60. The van der Waals surface area contributed by atoms with Crippen molar-refractivity contribution >= 4 is 23.6 Å². The molecular weight excluding hydrogens is 211 g/mol. The minimum atomic E-state index is -1.48. The average Bonchev–Trinajstić information content (AvgIpc) is 2.02. The fraction of sp³-hybridized carbons (Fsp3) is 0.455. The summed E-state index contributed by atoms with van der Waals surface area (Å²) in [4.78, 5) is 0. The molecule has 0 fully saturated rings. The highest BCUT2D eigenvalue weighted by Gasteiger charge is 2.15. The Labute approximate surface area is 95.0 Å². The Bertz CT molecular complexity index is 287. The van der Waals surface area contributed by atoms with Crippen molar-refractivity contribution in [2.45, 2.75) is 32.0 Å². The van der Waals surface area contributed by atoms with Crippen LogP contribution in [0.4, 0.5) is 0 Å². The first-order valence-corrected chi connectivity index (χ1v) is 8.18. The summed E-state index contributed by atoms with van der Waals surface area (Å²) in [5.41, 5.74) is 1.51. The van der Waals surface area contributed by atoms with Crippen LogP contribution in [0.2, 0.25) is 5.79 Å². The van der Waals surface area contributed by atoms with Gasteiger partial charge in [-0.25, -0.2) is 10.0 Å². The van der Waals surface area contributed by atoms with Gasteiger partial charge in [0, 0.05) is 0 Å². The minimum Gasteiger partial charge on any atom is -0.632 e. The smallest absolute Gasteiger partial charge is 0.632 e. The van der Waals surface area contributed by atoms with Crippen molar-refractivity contribution in [2.24, 2.45) is 0 Å². The molecule has 1 rings (SSSR count). The Morgan fingerprint density at radius 1 is 1.14 bits per heavy atom. The van der Waals surface area contributed by atoms with E-state index in [4.69, 9.17) is 13.8 Å². The van der Waals surface area contributed by atoms with Gasteiger partial charge in [-0.05, 0) is 23.1 Å². The normalized spacial score (nSPS) is 11.2. The first-order chi connectivity index (χ1) is 6.39. The molecule has 3 heteroatoms. The van der Waals surface area contributed by atoms with Crippen LogP contribution in [-0.4, -0.2) is 13.6 Å². The minimum absolute atomic E-state index is 0.197. The molecule has 0 saturated heterocycles. The lowest BCUT2D eigenvalue weighted by molar-refractivity contribution is 0.577. The van der Waals surface area contributed by atoms with Crippen molar-refractivity contribution in [3.63, 3.8) is 0 Å². The summed E-state index contributed by atoms with van der Waals surface area (Å²) >= 11 is -1.48. The van der Waals surface area contributed by atoms with Crippen LogP contribution < -0.4 is 3.79 Å². The molecule has 0 unspecified atom stereocenters. The standard InChI is InChI=1S/C10H14O.CH3.Al.ClH/c1-10(2,3)8-4-6-9(11)7-5-8;;;/h4-7,11H,1-3H3;1H3;;1H/q;;+2;/p-2. The van der Waals surface area contributed by atoms with Crippen LogP contribution in [0.3, 0.4) is 0 Å². The van der Waals surface area contributed by atoms with Crippen molar-refractivity contribution in [1.29, 1.82) is 0 Å². The Morgan fingerprint density at radius 2 is 1.64 bits per heavy atom. The quantitative estimate of drug-likeness (QED) is 0.699. The van der Waals surface area contributed by atoms with Gasteiger partial charge in [-0.1, -0.05) is 38.7 Å². The molecule has 0 heterocycles. The average molecular weight is 227 g/mol. The van der Waals surface area contributed by atoms with Gasteiger partial charge in [0.15, 0.2) is 0 Å². The summed E-state index contributed by atoms with van der Waals surface area (Å²) < 4.78 is 5.49. The highest BCUT2D eigenvalue weighted by Crippen LogP contribution is 2.24. The highest BCUT2D eigenvalue weighted by molar-refractivity contribution is 7.02. The van der Waals surface area contributed by atoms with Crippen molar-refractivity contribution < 1.29 is 3.79 Å². The molecule has 0 aliphatic carbocycles. The summed E-state index contributed by atoms with van der Waals surface area (Å²) in [5.74, 6) is 2.83. The molecule has 0 spiro atoms. The maximum Gasteiger partial charge on any atom is 0.676 e. The van der Waals surface area contributed by atoms with E-state index in [0.717, 1.165) is 5.75 Å². The molecule has 0 radical (unpaired) electrons. The molecular formula is C11H16AlClO. The third kappa shape index (κ3) is 3.54. The van der Waals surface area contributed by atoms with E-state index in [9.17, 15) is 0 Å². The van der Waals surface area contributed by atoms with Gasteiger partial charge in [-0.15, -0.1) is 0 Å². The van der Waals surface area contributed by atoms with Crippen LogP contribution in [0.25, 0.3) is 0 Å². The van der Waals surface area contributed by atoms with Crippen LogP contribution in [-0.2, 0) is 5.41 Å². The van der Waals surface area contributed by atoms with E-state index in [1.165, 1.54) is 5.56 Å². The molecule has 0 atom stereocenters. The predicted molar refractivity (Wildman–Crippen MR) is 63.2 cm³/mol. The summed E-state index contributed by atoms with van der Waals surface area (Å²) in [7, 11) is 5.86. The number of rotatable bonds is 2. The first kappa shape index (κ1) is 11.9. The lowest BCUT2D eigenvalue weighted by atomic mass is 9.87. The fourth-order valence-corrected chi connectivity index (χ4v) is 2.06. The van der Waals surface area contributed by atoms with E-state index >= 15 is 0 Å². The molecule has 0 bridgehead atoms. The maximum absolute atomic E-state index is 5.86. The van der Waals surface area contributed by atoms with E-state index < -0.39 is 13.6 Å². The second kappa shape index (κ2) is 4.57. The summed E-state index contributed by atoms with van der Waals surface area (Å²) in [6, 6.07) is 8.19. The molecule has 0 N–H and O–H groups in total. The van der Waals surface area contributed by atoms with E-state index in [1.54, 1.807) is 0 Å². The third-order valence-corrected chi connectivity index (χ3v) is 2.88. The summed E-state index contributed by atoms with van der Waals surface area (Å²) in [5, 5.41) is 0. The van der Waals surface area contributed by atoms with Gasteiger partial charge in [0.05, 0.1) is 5.75 Å². The fourth-order valence-electron chi connectivity index (χ4n) is 1.22. The van der Waals surface area contributed by atoms with Crippen LogP contribution in [0.1, 0.15) is 26.3 Å². The number of hydrogen-bond acceptors (Lipinski definition) is 1. The number of hydrogen-bond donors (Lipinski definition) is 0. The molecule has 76 valence electrons. The van der Waals surface area contributed by atoms with Crippen molar-refractivity contribution in [1.82, 2.24) is 0 Å². The predicted octanol–water partition coefficient (Wildman–Crippen LogP) is 3.72. The van der Waals surface area contributed by atoms with Gasteiger partial charge in [0.1, 0.15) is 0 Å². The molecule has 1 nitrogen and oxygen atoms in total. The maximum atomic E-state index is 5.86. The van der Waals surface area contributed by atoms with E-state index in [1.807, 2.05) is 17.9 Å². The van der Waals surface area contributed by atoms with Crippen molar-refractivity contribution in [2.75, 3.05) is 0 Å². The molecule has 0 saturated carbocycles. The van der Waals surface area contributed by atoms with Gasteiger partial charge >= 0.3 is 13.6 Å². The molecule has 0 aliphatic rings.